The van der Waals surface area contributed by atoms with Gasteiger partial charge in [-0.25, -0.2) is 22.0 Å². The fourth-order valence-electron chi connectivity index (χ4n) is 3.98. The van der Waals surface area contributed by atoms with Gasteiger partial charge in [-0.05, 0) is 6.42 Å². The van der Waals surface area contributed by atoms with Gasteiger partial charge in [-0.2, -0.15) is 0 Å². The number of nitrogens with zero attached hydrogens (tertiary/aromatic N) is 2. The Hall–Kier alpha value is -3.44. The molecule has 7 nitrogen and oxygen atoms in total. The summed E-state index contributed by atoms with van der Waals surface area (Å²) in [6.07, 6.45) is 0.207. The van der Waals surface area contributed by atoms with Gasteiger partial charge in [-0.15, -0.1) is 0 Å². The summed E-state index contributed by atoms with van der Waals surface area (Å²) in [6, 6.07) is -0.825. The highest BCUT2D eigenvalue weighted by Gasteiger charge is 2.49. The Kier molecular flexibility index (Phi) is 5.18. The largest absolute Gasteiger partial charge is 0.503 e. The molecule has 170 valence electrons. The number of rotatable bonds is 3. The maximum atomic E-state index is 14.7. The van der Waals surface area contributed by atoms with Crippen LogP contribution in [-0.4, -0.2) is 45.4 Å². The van der Waals surface area contributed by atoms with E-state index >= 15 is 0 Å². The number of aromatic hydroxyl groups is 1. The molecule has 2 aliphatic heterocycles. The van der Waals surface area contributed by atoms with Crippen LogP contribution in [0.5, 0.6) is 5.75 Å². The van der Waals surface area contributed by atoms with Crippen LogP contribution in [0.15, 0.2) is 23.1 Å². The predicted octanol–water partition coefficient (Wildman–Crippen LogP) is 2.33. The SMILES string of the molecule is O=C(NCc1c(F)cc(F)cc1F)c1cn2c(c(O)c1=O)C(=O)N1CCCC(F)(F)[C@@H]2C1. The molecule has 0 aliphatic carbocycles. The summed E-state index contributed by atoms with van der Waals surface area (Å²) in [7, 11) is 0. The van der Waals surface area contributed by atoms with Crippen LogP contribution < -0.4 is 10.7 Å². The standard InChI is InChI=1S/C20H16F5N3O4/c21-9-4-12(22)10(13(23)5-9)6-26-18(31)11-7-28-14-8-27(3-1-2-20(14,24)25)19(32)15(28)17(30)16(11)29/h4-5,7,14,30H,1-3,6,8H2,(H,26,31)/t14-/m0/s1. The topological polar surface area (TPSA) is 91.6 Å². The van der Waals surface area contributed by atoms with Gasteiger partial charge in [0.1, 0.15) is 29.1 Å². The first kappa shape index (κ1) is 21.8. The summed E-state index contributed by atoms with van der Waals surface area (Å²) in [5, 5.41) is 12.3. The van der Waals surface area contributed by atoms with E-state index in [9.17, 15) is 41.4 Å². The highest BCUT2D eigenvalue weighted by molar-refractivity contribution is 5.99. The third-order valence-corrected chi connectivity index (χ3v) is 5.63. The summed E-state index contributed by atoms with van der Waals surface area (Å²) < 4.78 is 70.6. The lowest BCUT2D eigenvalue weighted by Crippen LogP contribution is -2.48. The Morgan fingerprint density at radius 2 is 1.84 bits per heavy atom. The van der Waals surface area contributed by atoms with E-state index in [-0.39, 0.29) is 19.5 Å². The molecular formula is C20H16F5N3O4. The molecule has 2 aliphatic rings. The first-order valence-electron chi connectivity index (χ1n) is 9.58. The summed E-state index contributed by atoms with van der Waals surface area (Å²) >= 11 is 0. The second-order valence-corrected chi connectivity index (χ2v) is 7.64. The Bertz CT molecular complexity index is 1170. The number of nitrogens with one attached hydrogen (secondary N) is 1. The fourth-order valence-corrected chi connectivity index (χ4v) is 3.98. The van der Waals surface area contributed by atoms with Crippen LogP contribution in [0.1, 0.15) is 45.3 Å². The normalized spacial score (nSPS) is 19.3. The van der Waals surface area contributed by atoms with Gasteiger partial charge in [0.15, 0.2) is 11.4 Å². The van der Waals surface area contributed by atoms with Gasteiger partial charge in [-0.3, -0.25) is 14.4 Å². The summed E-state index contributed by atoms with van der Waals surface area (Å²) in [4.78, 5) is 38.7. The number of carbonyl (C=O) groups excluding carboxylic acids is 2. The molecule has 1 fully saturated rings. The number of pyridine rings is 1. The van der Waals surface area contributed by atoms with Gasteiger partial charge in [0.2, 0.25) is 5.43 Å². The van der Waals surface area contributed by atoms with Crippen molar-refractivity contribution >= 4 is 11.8 Å². The number of carbonyl (C=O) groups is 2. The molecule has 3 heterocycles. The van der Waals surface area contributed by atoms with Gasteiger partial charge in [0.25, 0.3) is 17.7 Å². The van der Waals surface area contributed by atoms with E-state index in [0.717, 1.165) is 15.7 Å². The van der Waals surface area contributed by atoms with Crippen LogP contribution in [0.3, 0.4) is 0 Å². The molecule has 0 saturated carbocycles. The number of benzene rings is 1. The Morgan fingerprint density at radius 1 is 1.19 bits per heavy atom. The molecule has 1 aromatic heterocycles. The average Bonchev–Trinajstić information content (AvgIpc) is 2.84. The molecular weight excluding hydrogens is 441 g/mol. The summed E-state index contributed by atoms with van der Waals surface area (Å²) in [5.41, 5.74) is -3.44. The highest BCUT2D eigenvalue weighted by Crippen LogP contribution is 2.41. The maximum absolute atomic E-state index is 14.7. The number of hydrogen-bond acceptors (Lipinski definition) is 4. The molecule has 2 bridgehead atoms. The van der Waals surface area contributed by atoms with Crippen LogP contribution in [0.25, 0.3) is 0 Å². The van der Waals surface area contributed by atoms with Gasteiger partial charge in [0, 0.05) is 49.9 Å². The van der Waals surface area contributed by atoms with Crippen LogP contribution in [-0.2, 0) is 6.54 Å². The van der Waals surface area contributed by atoms with E-state index in [1.54, 1.807) is 0 Å². The van der Waals surface area contributed by atoms with E-state index in [0.29, 0.717) is 12.1 Å². The first-order valence-corrected chi connectivity index (χ1v) is 9.58. The minimum atomic E-state index is -3.29. The zero-order valence-corrected chi connectivity index (χ0v) is 16.3. The second kappa shape index (κ2) is 7.61. The van der Waals surface area contributed by atoms with E-state index in [2.05, 4.69) is 0 Å². The van der Waals surface area contributed by atoms with E-state index in [1.807, 2.05) is 5.32 Å². The van der Waals surface area contributed by atoms with Gasteiger partial charge in [0.05, 0.1) is 0 Å². The van der Waals surface area contributed by atoms with Crippen molar-refractivity contribution in [3.05, 3.63) is 62.8 Å². The smallest absolute Gasteiger partial charge is 0.274 e. The number of aromatic nitrogens is 1. The van der Waals surface area contributed by atoms with Crippen molar-refractivity contribution in [2.24, 2.45) is 0 Å². The zero-order valence-electron chi connectivity index (χ0n) is 16.3. The molecule has 2 N–H and O–H groups in total. The minimum Gasteiger partial charge on any atom is -0.503 e. The number of halogens is 5. The quantitative estimate of drug-likeness (QED) is 0.693. The van der Waals surface area contributed by atoms with Crippen molar-refractivity contribution in [2.75, 3.05) is 13.1 Å². The van der Waals surface area contributed by atoms with Crippen LogP contribution >= 0.6 is 0 Å². The van der Waals surface area contributed by atoms with Gasteiger partial charge < -0.3 is 19.9 Å². The maximum Gasteiger partial charge on any atom is 0.274 e. The van der Waals surface area contributed by atoms with E-state index < -0.39 is 82.2 Å². The average molecular weight is 457 g/mol. The zero-order chi connectivity index (χ0) is 23.4. The number of fused-ring (bicyclic) bond motifs is 4. The second-order valence-electron chi connectivity index (χ2n) is 7.64. The van der Waals surface area contributed by atoms with Crippen molar-refractivity contribution in [1.29, 1.82) is 0 Å². The molecule has 0 unspecified atom stereocenters. The minimum absolute atomic E-state index is 0.0108. The monoisotopic (exact) mass is 457 g/mol. The Balaban J connectivity index is 1.72. The van der Waals surface area contributed by atoms with Crippen molar-refractivity contribution in [2.45, 2.75) is 31.4 Å². The third kappa shape index (κ3) is 3.49. The van der Waals surface area contributed by atoms with Crippen LogP contribution in [0.2, 0.25) is 0 Å². The van der Waals surface area contributed by atoms with E-state index in [1.165, 1.54) is 0 Å². The summed E-state index contributed by atoms with van der Waals surface area (Å²) in [5.74, 6) is -10.2. The van der Waals surface area contributed by atoms with Crippen molar-refractivity contribution in [3.8, 4) is 5.75 Å². The molecule has 2 aromatic rings. The van der Waals surface area contributed by atoms with Crippen molar-refractivity contribution in [1.82, 2.24) is 14.8 Å². The number of alkyl halides is 2. The molecule has 12 heteroatoms. The Morgan fingerprint density at radius 3 is 2.50 bits per heavy atom. The molecule has 1 aromatic carbocycles. The summed E-state index contributed by atoms with van der Waals surface area (Å²) in [6.45, 7) is -1.14. The molecule has 0 radical (unpaired) electrons. The van der Waals surface area contributed by atoms with Crippen molar-refractivity contribution < 1.29 is 36.6 Å². The third-order valence-electron chi connectivity index (χ3n) is 5.63. The van der Waals surface area contributed by atoms with Gasteiger partial charge in [-0.1, -0.05) is 0 Å². The Labute approximate surface area is 177 Å². The molecule has 1 atom stereocenters. The van der Waals surface area contributed by atoms with Gasteiger partial charge >= 0.3 is 0 Å². The number of hydrogen-bond donors (Lipinski definition) is 2. The molecule has 1 saturated heterocycles. The molecule has 32 heavy (non-hydrogen) atoms. The lowest BCUT2D eigenvalue weighted by molar-refractivity contribution is -0.0597. The van der Waals surface area contributed by atoms with Crippen LogP contribution in [0.4, 0.5) is 22.0 Å². The molecule has 4 rings (SSSR count). The first-order chi connectivity index (χ1) is 15.0. The molecule has 2 amide bonds. The number of amides is 2. The molecule has 0 spiro atoms. The lowest BCUT2D eigenvalue weighted by atomic mass is 10.0. The van der Waals surface area contributed by atoms with Crippen molar-refractivity contribution in [3.63, 3.8) is 0 Å². The van der Waals surface area contributed by atoms with Crippen LogP contribution in [0, 0.1) is 17.5 Å². The van der Waals surface area contributed by atoms with E-state index in [4.69, 9.17) is 0 Å². The fraction of sp³-hybridized carbons (Fsp3) is 0.350. The lowest BCUT2D eigenvalue weighted by Gasteiger charge is -2.37. The highest BCUT2D eigenvalue weighted by atomic mass is 19.3. The predicted molar refractivity (Wildman–Crippen MR) is 99.0 cm³/mol.